The van der Waals surface area contributed by atoms with Gasteiger partial charge in [0.2, 0.25) is 0 Å². The van der Waals surface area contributed by atoms with Gasteiger partial charge >= 0.3 is 0 Å². The van der Waals surface area contributed by atoms with Crippen LogP contribution in [0.1, 0.15) is 5.82 Å². The van der Waals surface area contributed by atoms with Gasteiger partial charge in [0.15, 0.2) is 0 Å². The first-order valence-corrected chi connectivity index (χ1v) is 5.02. The molecule has 0 radical (unpaired) electrons. The monoisotopic (exact) mass is 219 g/mol. The summed E-state index contributed by atoms with van der Waals surface area (Å²) >= 11 is 0. The zero-order chi connectivity index (χ0) is 11.5. The lowest BCUT2D eigenvalue weighted by Gasteiger charge is -2.05. The van der Waals surface area contributed by atoms with Crippen molar-refractivity contribution >= 4 is 10.9 Å². The first-order chi connectivity index (χ1) is 7.76. The van der Waals surface area contributed by atoms with Crippen LogP contribution < -0.4 is 16.0 Å². The molecule has 5 nitrogen and oxygen atoms in total. The predicted molar refractivity (Wildman–Crippen MR) is 61.7 cm³/mol. The van der Waals surface area contributed by atoms with Crippen LogP contribution in [0, 0.1) is 0 Å². The molecule has 2 rings (SSSR count). The number of H-pyrrole nitrogens is 1. The number of para-hydroxylation sites is 1. The summed E-state index contributed by atoms with van der Waals surface area (Å²) < 4.78 is 5.17. The van der Waals surface area contributed by atoms with E-state index in [1.54, 1.807) is 25.3 Å². The molecule has 1 aromatic carbocycles. The van der Waals surface area contributed by atoms with E-state index in [2.05, 4.69) is 9.97 Å². The fourth-order valence-electron chi connectivity index (χ4n) is 1.60. The Bertz CT molecular complexity index is 563. The number of ether oxygens (including phenoxy) is 1. The summed E-state index contributed by atoms with van der Waals surface area (Å²) in [5.74, 6) is 1.19. The highest BCUT2D eigenvalue weighted by atomic mass is 16.5. The third kappa shape index (κ3) is 1.77. The summed E-state index contributed by atoms with van der Waals surface area (Å²) in [5, 5.41) is 0.528. The molecule has 0 amide bonds. The number of hydrogen-bond donors (Lipinski definition) is 2. The summed E-state index contributed by atoms with van der Waals surface area (Å²) in [7, 11) is 1.56. The van der Waals surface area contributed by atoms with Gasteiger partial charge in [-0.15, -0.1) is 0 Å². The Morgan fingerprint density at radius 2 is 2.31 bits per heavy atom. The lowest BCUT2D eigenvalue weighted by Crippen LogP contribution is -2.15. The van der Waals surface area contributed by atoms with Crippen LogP contribution in [-0.2, 0) is 6.42 Å². The van der Waals surface area contributed by atoms with E-state index in [1.807, 2.05) is 0 Å². The van der Waals surface area contributed by atoms with Gasteiger partial charge in [-0.3, -0.25) is 4.79 Å². The average molecular weight is 219 g/mol. The van der Waals surface area contributed by atoms with Crippen molar-refractivity contribution in [2.24, 2.45) is 5.73 Å². The number of methoxy groups -OCH3 is 1. The molecule has 0 unspecified atom stereocenters. The van der Waals surface area contributed by atoms with Crippen LogP contribution in [0.15, 0.2) is 23.0 Å². The fourth-order valence-corrected chi connectivity index (χ4v) is 1.60. The van der Waals surface area contributed by atoms with Crippen molar-refractivity contribution in [1.29, 1.82) is 0 Å². The molecular weight excluding hydrogens is 206 g/mol. The Hall–Kier alpha value is -1.88. The van der Waals surface area contributed by atoms with E-state index in [-0.39, 0.29) is 5.56 Å². The number of nitrogens with one attached hydrogen (secondary N) is 1. The van der Waals surface area contributed by atoms with Gasteiger partial charge in [-0.1, -0.05) is 6.07 Å². The largest absolute Gasteiger partial charge is 0.494 e. The Kier molecular flexibility index (Phi) is 2.87. The predicted octanol–water partition coefficient (Wildman–Crippen LogP) is 0.433. The van der Waals surface area contributed by atoms with E-state index >= 15 is 0 Å². The van der Waals surface area contributed by atoms with Crippen LogP contribution in [0.5, 0.6) is 5.75 Å². The van der Waals surface area contributed by atoms with Gasteiger partial charge in [-0.05, 0) is 18.7 Å². The standard InChI is InChI=1S/C11H13N3O2/c1-16-8-4-2-3-7-10(8)13-9(5-6-12)14-11(7)15/h2-4H,5-6,12H2,1H3,(H,13,14,15). The molecule has 0 saturated heterocycles. The van der Waals surface area contributed by atoms with Gasteiger partial charge in [0, 0.05) is 6.42 Å². The number of rotatable bonds is 3. The van der Waals surface area contributed by atoms with E-state index in [4.69, 9.17) is 10.5 Å². The summed E-state index contributed by atoms with van der Waals surface area (Å²) in [5.41, 5.74) is 5.85. The molecular formula is C11H13N3O2. The molecule has 0 saturated carbocycles. The van der Waals surface area contributed by atoms with Gasteiger partial charge in [0.25, 0.3) is 5.56 Å². The number of nitrogens with zero attached hydrogens (tertiary/aromatic N) is 1. The van der Waals surface area contributed by atoms with Crippen molar-refractivity contribution in [2.45, 2.75) is 6.42 Å². The molecule has 16 heavy (non-hydrogen) atoms. The summed E-state index contributed by atoms with van der Waals surface area (Å²) in [6.45, 7) is 0.448. The third-order valence-corrected chi connectivity index (χ3v) is 2.35. The average Bonchev–Trinajstić information content (AvgIpc) is 2.29. The van der Waals surface area contributed by atoms with Crippen molar-refractivity contribution < 1.29 is 4.74 Å². The smallest absolute Gasteiger partial charge is 0.258 e. The van der Waals surface area contributed by atoms with Gasteiger partial charge < -0.3 is 15.5 Å². The number of hydrogen-bond acceptors (Lipinski definition) is 4. The second-order valence-electron chi connectivity index (χ2n) is 3.41. The van der Waals surface area contributed by atoms with Crippen molar-refractivity contribution in [3.05, 3.63) is 34.4 Å². The van der Waals surface area contributed by atoms with Gasteiger partial charge in [0.1, 0.15) is 17.1 Å². The van der Waals surface area contributed by atoms with Gasteiger partial charge in [-0.2, -0.15) is 0 Å². The number of nitrogens with two attached hydrogens (primary N) is 1. The molecule has 84 valence electrons. The van der Waals surface area contributed by atoms with Gasteiger partial charge in [-0.25, -0.2) is 4.98 Å². The maximum absolute atomic E-state index is 11.8. The van der Waals surface area contributed by atoms with E-state index in [9.17, 15) is 4.79 Å². The molecule has 1 aromatic heterocycles. The van der Waals surface area contributed by atoms with Crippen LogP contribution in [0.2, 0.25) is 0 Å². The van der Waals surface area contributed by atoms with Crippen molar-refractivity contribution in [3.8, 4) is 5.75 Å². The lowest BCUT2D eigenvalue weighted by molar-refractivity contribution is 0.418. The maximum atomic E-state index is 11.8. The second kappa shape index (κ2) is 4.32. The second-order valence-corrected chi connectivity index (χ2v) is 3.41. The van der Waals surface area contributed by atoms with E-state index in [1.165, 1.54) is 0 Å². The number of benzene rings is 1. The van der Waals surface area contributed by atoms with E-state index < -0.39 is 0 Å². The van der Waals surface area contributed by atoms with Crippen molar-refractivity contribution in [1.82, 2.24) is 9.97 Å². The summed E-state index contributed by atoms with van der Waals surface area (Å²) in [6.07, 6.45) is 0.545. The molecule has 0 atom stereocenters. The van der Waals surface area contributed by atoms with Crippen molar-refractivity contribution in [3.63, 3.8) is 0 Å². The minimum atomic E-state index is -0.160. The number of aromatic amines is 1. The Morgan fingerprint density at radius 1 is 1.50 bits per heavy atom. The third-order valence-electron chi connectivity index (χ3n) is 2.35. The van der Waals surface area contributed by atoms with Gasteiger partial charge in [0.05, 0.1) is 12.5 Å². The van der Waals surface area contributed by atoms with E-state index in [0.29, 0.717) is 35.4 Å². The molecule has 0 bridgehead atoms. The zero-order valence-corrected chi connectivity index (χ0v) is 8.99. The minimum absolute atomic E-state index is 0.160. The lowest BCUT2D eigenvalue weighted by atomic mass is 10.2. The van der Waals surface area contributed by atoms with Crippen LogP contribution in [-0.4, -0.2) is 23.6 Å². The Balaban J connectivity index is 2.72. The molecule has 1 heterocycles. The molecule has 5 heteroatoms. The topological polar surface area (TPSA) is 81.0 Å². The molecule has 0 aliphatic heterocycles. The molecule has 0 aliphatic carbocycles. The highest BCUT2D eigenvalue weighted by molar-refractivity contribution is 5.83. The van der Waals surface area contributed by atoms with Crippen LogP contribution >= 0.6 is 0 Å². The SMILES string of the molecule is COc1cccc2c(=O)[nH]c(CCN)nc12. The highest BCUT2D eigenvalue weighted by Crippen LogP contribution is 2.20. The summed E-state index contributed by atoms with van der Waals surface area (Å²) in [4.78, 5) is 18.8. The Labute approximate surface area is 92.3 Å². The zero-order valence-electron chi connectivity index (χ0n) is 8.99. The number of fused-ring (bicyclic) bond motifs is 1. The molecule has 0 aliphatic rings. The molecule has 3 N–H and O–H groups in total. The first kappa shape index (κ1) is 10.6. The van der Waals surface area contributed by atoms with E-state index in [0.717, 1.165) is 0 Å². The summed E-state index contributed by atoms with van der Waals surface area (Å²) in [6, 6.07) is 5.26. The first-order valence-electron chi connectivity index (χ1n) is 5.02. The molecule has 0 fully saturated rings. The maximum Gasteiger partial charge on any atom is 0.258 e. The van der Waals surface area contributed by atoms with Crippen LogP contribution in [0.25, 0.3) is 10.9 Å². The quantitative estimate of drug-likeness (QED) is 0.784. The Morgan fingerprint density at radius 3 is 3.00 bits per heavy atom. The molecule has 2 aromatic rings. The van der Waals surface area contributed by atoms with Crippen molar-refractivity contribution in [2.75, 3.05) is 13.7 Å². The van der Waals surface area contributed by atoms with Crippen LogP contribution in [0.4, 0.5) is 0 Å². The normalized spacial score (nSPS) is 10.6. The molecule has 0 spiro atoms. The fraction of sp³-hybridized carbons (Fsp3) is 0.273. The number of aromatic nitrogens is 2. The highest BCUT2D eigenvalue weighted by Gasteiger charge is 2.07. The van der Waals surface area contributed by atoms with Crippen LogP contribution in [0.3, 0.4) is 0 Å². The minimum Gasteiger partial charge on any atom is -0.494 e.